The van der Waals surface area contributed by atoms with E-state index in [4.69, 9.17) is 4.74 Å². The maximum Gasteiger partial charge on any atom is 0.126 e. The number of benzene rings is 1. The van der Waals surface area contributed by atoms with Crippen LogP contribution in [0.15, 0.2) is 36.5 Å². The zero-order valence-electron chi connectivity index (χ0n) is 11.5. The molecule has 3 aromatic rings. The molecule has 0 fully saturated rings. The molecule has 0 atom stereocenters. The molecule has 21 heavy (non-hydrogen) atoms. The Morgan fingerprint density at radius 2 is 2.19 bits per heavy atom. The second-order valence-electron chi connectivity index (χ2n) is 4.37. The molecule has 4 nitrogen and oxygen atoms in total. The summed E-state index contributed by atoms with van der Waals surface area (Å²) in [6, 6.07) is 9.48. The van der Waals surface area contributed by atoms with Crippen molar-refractivity contribution in [3.63, 3.8) is 0 Å². The van der Waals surface area contributed by atoms with Crippen LogP contribution in [0.5, 0.6) is 5.75 Å². The molecule has 2 heterocycles. The van der Waals surface area contributed by atoms with Crippen molar-refractivity contribution in [3.05, 3.63) is 36.5 Å². The highest BCUT2D eigenvalue weighted by Gasteiger charge is 2.08. The van der Waals surface area contributed by atoms with Crippen molar-refractivity contribution in [1.29, 1.82) is 0 Å². The number of fused-ring (bicyclic) bond motifs is 1. The van der Waals surface area contributed by atoms with Crippen LogP contribution in [0.2, 0.25) is 0 Å². The van der Waals surface area contributed by atoms with E-state index in [0.717, 1.165) is 26.6 Å². The van der Waals surface area contributed by atoms with Crippen molar-refractivity contribution in [2.45, 2.75) is 0 Å². The van der Waals surface area contributed by atoms with E-state index in [2.05, 4.69) is 15.3 Å². The number of thiazole rings is 1. The minimum absolute atomic E-state index is 0.0760. The van der Waals surface area contributed by atoms with Crippen LogP contribution in [0, 0.1) is 0 Å². The third-order valence-corrected chi connectivity index (χ3v) is 4.04. The first-order valence-corrected chi connectivity index (χ1v) is 7.35. The van der Waals surface area contributed by atoms with Gasteiger partial charge in [0.05, 0.1) is 10.2 Å². The second kappa shape index (κ2) is 6.05. The number of alkyl halides is 1. The van der Waals surface area contributed by atoms with E-state index in [1.807, 2.05) is 37.4 Å². The number of hydrogen-bond donors (Lipinski definition) is 1. The summed E-state index contributed by atoms with van der Waals surface area (Å²) in [5.74, 6) is 1.49. The van der Waals surface area contributed by atoms with Gasteiger partial charge in [0.2, 0.25) is 0 Å². The van der Waals surface area contributed by atoms with Gasteiger partial charge in [-0.2, -0.15) is 0 Å². The largest absolute Gasteiger partial charge is 0.491 e. The molecular formula is C15H14FN3OS. The number of halogens is 1. The SMILES string of the molecule is CNc1ccc(-c2nc3ccc(OCC[18F])cc3s2)cn1. The Balaban J connectivity index is 1.92. The molecule has 0 bridgehead atoms. The molecule has 0 radical (unpaired) electrons. The number of nitrogens with zero attached hydrogens (tertiary/aromatic N) is 2. The maximum absolute atomic E-state index is 12.1. The molecule has 0 saturated carbocycles. The Kier molecular flexibility index (Phi) is 3.96. The summed E-state index contributed by atoms with van der Waals surface area (Å²) in [5.41, 5.74) is 1.88. The average Bonchev–Trinajstić information content (AvgIpc) is 2.96. The van der Waals surface area contributed by atoms with Gasteiger partial charge in [-0.3, -0.25) is 0 Å². The zero-order chi connectivity index (χ0) is 14.7. The molecule has 0 spiro atoms. The fraction of sp³-hybridized carbons (Fsp3) is 0.200. The van der Waals surface area contributed by atoms with E-state index in [1.54, 1.807) is 17.5 Å². The van der Waals surface area contributed by atoms with E-state index in [-0.39, 0.29) is 6.61 Å². The third-order valence-electron chi connectivity index (χ3n) is 2.97. The molecule has 3 rings (SSSR count). The number of aromatic nitrogens is 2. The quantitative estimate of drug-likeness (QED) is 0.780. The predicted molar refractivity (Wildman–Crippen MR) is 83.9 cm³/mol. The van der Waals surface area contributed by atoms with Crippen LogP contribution in [0.1, 0.15) is 0 Å². The average molecular weight is 302 g/mol. The zero-order valence-corrected chi connectivity index (χ0v) is 12.3. The van der Waals surface area contributed by atoms with Gasteiger partial charge in [-0.05, 0) is 30.3 Å². The van der Waals surface area contributed by atoms with Crippen molar-refractivity contribution in [3.8, 4) is 16.3 Å². The van der Waals surface area contributed by atoms with Gasteiger partial charge in [0.25, 0.3) is 0 Å². The van der Waals surface area contributed by atoms with Crippen molar-refractivity contribution in [2.75, 3.05) is 25.6 Å². The van der Waals surface area contributed by atoms with Crippen molar-refractivity contribution < 1.29 is 9.13 Å². The highest BCUT2D eigenvalue weighted by molar-refractivity contribution is 7.21. The van der Waals surface area contributed by atoms with Crippen molar-refractivity contribution >= 4 is 27.4 Å². The number of anilines is 1. The van der Waals surface area contributed by atoms with Crippen LogP contribution in [0.4, 0.5) is 10.2 Å². The Bertz CT molecular complexity index is 742. The highest BCUT2D eigenvalue weighted by atomic mass is 32.1. The Hall–Kier alpha value is -2.21. The number of rotatable bonds is 5. The molecular weight excluding hydrogens is 288 g/mol. The van der Waals surface area contributed by atoms with Crippen molar-refractivity contribution in [1.82, 2.24) is 9.97 Å². The van der Waals surface area contributed by atoms with Crippen LogP contribution >= 0.6 is 11.3 Å². The monoisotopic (exact) mass is 302 g/mol. The molecule has 108 valence electrons. The first kappa shape index (κ1) is 13.8. The number of pyridine rings is 1. The summed E-state index contributed by atoms with van der Waals surface area (Å²) in [6.45, 7) is -0.415. The number of ether oxygens (including phenoxy) is 1. The van der Waals surface area contributed by atoms with Gasteiger partial charge in [-0.25, -0.2) is 14.4 Å². The molecule has 0 saturated heterocycles. The molecule has 0 aliphatic rings. The first-order chi connectivity index (χ1) is 10.3. The predicted octanol–water partition coefficient (Wildman–Crippen LogP) is 3.75. The highest BCUT2D eigenvalue weighted by Crippen LogP contribution is 2.32. The number of hydrogen-bond acceptors (Lipinski definition) is 5. The summed E-state index contributed by atoms with van der Waals surface area (Å²) in [4.78, 5) is 8.88. The molecule has 0 aliphatic heterocycles. The Morgan fingerprint density at radius 1 is 1.29 bits per heavy atom. The summed E-state index contributed by atoms with van der Waals surface area (Å²) in [7, 11) is 1.83. The minimum Gasteiger partial charge on any atom is -0.491 e. The third kappa shape index (κ3) is 2.95. The van der Waals surface area contributed by atoms with Gasteiger partial charge in [-0.1, -0.05) is 0 Å². The topological polar surface area (TPSA) is 47.0 Å². The standard InChI is InChI=1S/C15H14FN3OS/c1-17-14-5-2-10(9-18-14)15-19-12-4-3-11(20-7-6-16)8-13(12)21-15/h2-5,8-9H,6-7H2,1H3,(H,17,18)/i16-1. The molecule has 0 aliphatic carbocycles. The summed E-state index contributed by atoms with van der Waals surface area (Å²) >= 11 is 1.57. The van der Waals surface area contributed by atoms with Gasteiger partial charge in [0.1, 0.15) is 29.9 Å². The van der Waals surface area contributed by atoms with E-state index in [1.165, 1.54) is 0 Å². The van der Waals surface area contributed by atoms with E-state index < -0.39 is 6.67 Å². The van der Waals surface area contributed by atoms with Crippen LogP contribution < -0.4 is 10.1 Å². The lowest BCUT2D eigenvalue weighted by atomic mass is 10.3. The normalized spacial score (nSPS) is 10.8. The van der Waals surface area contributed by atoms with E-state index >= 15 is 0 Å². The fourth-order valence-electron chi connectivity index (χ4n) is 1.94. The van der Waals surface area contributed by atoms with Crippen LogP contribution in [0.3, 0.4) is 0 Å². The summed E-state index contributed by atoms with van der Waals surface area (Å²) < 4.78 is 18.4. The summed E-state index contributed by atoms with van der Waals surface area (Å²) in [5, 5.41) is 3.89. The maximum atomic E-state index is 12.1. The lowest BCUT2D eigenvalue weighted by Gasteiger charge is -2.01. The smallest absolute Gasteiger partial charge is 0.126 e. The lowest BCUT2D eigenvalue weighted by Crippen LogP contribution is -1.97. The molecule has 0 unspecified atom stereocenters. The Labute approximate surface area is 125 Å². The van der Waals surface area contributed by atoms with Gasteiger partial charge in [0, 0.05) is 18.8 Å². The van der Waals surface area contributed by atoms with Gasteiger partial charge >= 0.3 is 0 Å². The minimum atomic E-state index is -0.491. The van der Waals surface area contributed by atoms with Crippen LogP contribution in [-0.2, 0) is 0 Å². The van der Waals surface area contributed by atoms with Gasteiger partial charge < -0.3 is 10.1 Å². The van der Waals surface area contributed by atoms with Crippen molar-refractivity contribution in [2.24, 2.45) is 0 Å². The first-order valence-electron chi connectivity index (χ1n) is 6.53. The molecule has 0 amide bonds. The molecule has 1 aromatic carbocycles. The van der Waals surface area contributed by atoms with Crippen LogP contribution in [-0.4, -0.2) is 30.3 Å². The lowest BCUT2D eigenvalue weighted by molar-refractivity contribution is 0.273. The molecule has 1 N–H and O–H groups in total. The fourth-order valence-corrected chi connectivity index (χ4v) is 2.93. The number of nitrogens with one attached hydrogen (secondary N) is 1. The Morgan fingerprint density at radius 3 is 2.90 bits per heavy atom. The van der Waals surface area contributed by atoms with E-state index in [9.17, 15) is 4.39 Å². The molecule has 6 heteroatoms. The van der Waals surface area contributed by atoms with E-state index in [0.29, 0.717) is 5.75 Å². The van der Waals surface area contributed by atoms with Crippen LogP contribution in [0.25, 0.3) is 20.8 Å². The van der Waals surface area contributed by atoms with Gasteiger partial charge in [0.15, 0.2) is 0 Å². The summed E-state index contributed by atoms with van der Waals surface area (Å²) in [6.07, 6.45) is 1.80. The molecule has 2 aromatic heterocycles. The second-order valence-corrected chi connectivity index (χ2v) is 5.40. The van der Waals surface area contributed by atoms with Gasteiger partial charge in [-0.15, -0.1) is 11.3 Å².